The van der Waals surface area contributed by atoms with Crippen LogP contribution < -0.4 is 0 Å². The highest BCUT2D eigenvalue weighted by Crippen LogP contribution is 2.48. The maximum Gasteiger partial charge on any atom is 0.330 e. The van der Waals surface area contributed by atoms with Crippen LogP contribution in [0.1, 0.15) is 58.3 Å². The third-order valence-electron chi connectivity index (χ3n) is 5.42. The van der Waals surface area contributed by atoms with Crippen LogP contribution in [0.15, 0.2) is 12.2 Å². The molecule has 0 aliphatic heterocycles. The zero-order valence-corrected chi connectivity index (χ0v) is 12.4. The highest BCUT2D eigenvalue weighted by Gasteiger charge is 2.43. The van der Waals surface area contributed by atoms with E-state index in [2.05, 4.69) is 13.5 Å². The summed E-state index contributed by atoms with van der Waals surface area (Å²) in [5.41, 5.74) is 0.314. The van der Waals surface area contributed by atoms with Gasteiger partial charge in [-0.3, -0.25) is 4.79 Å². The van der Waals surface area contributed by atoms with E-state index >= 15 is 0 Å². The summed E-state index contributed by atoms with van der Waals surface area (Å²) in [5, 5.41) is 8.81. The van der Waals surface area contributed by atoms with Gasteiger partial charge in [0.05, 0.1) is 0 Å². The average molecular weight is 278 g/mol. The number of hydrogen-bond acceptors (Lipinski definition) is 2. The van der Waals surface area contributed by atoms with Crippen molar-refractivity contribution in [3.05, 3.63) is 12.2 Å². The number of carboxylic acid groups (broad SMARTS) is 1. The van der Waals surface area contributed by atoms with Crippen molar-refractivity contribution in [2.45, 2.75) is 58.3 Å². The fourth-order valence-corrected chi connectivity index (χ4v) is 4.28. The Morgan fingerprint density at radius 2 is 2.15 bits per heavy atom. The predicted octanol–water partition coefficient (Wildman–Crippen LogP) is 3.83. The standard InChI is InChI=1S/C17H26O3/c1-11(5-3-6-12(2)17(19)20)13-9-10-15-14(13)7-4-8-16(15)18/h11,13-15H,2-10H2,1H3,(H,19,20)/t11-,13?,14?,15?/m1/s1. The van der Waals surface area contributed by atoms with Gasteiger partial charge in [0.15, 0.2) is 0 Å². The Hall–Kier alpha value is -1.12. The summed E-state index contributed by atoms with van der Waals surface area (Å²) in [4.78, 5) is 22.7. The number of carbonyl (C=O) groups excluding carboxylic acids is 1. The number of rotatable bonds is 6. The second-order valence-corrected chi connectivity index (χ2v) is 6.65. The molecule has 112 valence electrons. The molecule has 2 fully saturated rings. The lowest BCUT2D eigenvalue weighted by Crippen LogP contribution is -2.29. The second kappa shape index (κ2) is 6.55. The molecule has 3 heteroatoms. The minimum atomic E-state index is -0.878. The number of carboxylic acids is 1. The van der Waals surface area contributed by atoms with Gasteiger partial charge in [0.1, 0.15) is 5.78 Å². The quantitative estimate of drug-likeness (QED) is 0.751. The lowest BCUT2D eigenvalue weighted by molar-refractivity contribution is -0.132. The van der Waals surface area contributed by atoms with Crippen LogP contribution >= 0.6 is 0 Å². The number of hydrogen-bond donors (Lipinski definition) is 1. The summed E-state index contributed by atoms with van der Waals surface area (Å²) in [6, 6.07) is 0. The molecule has 3 nitrogen and oxygen atoms in total. The number of ketones is 1. The van der Waals surface area contributed by atoms with Crippen molar-refractivity contribution in [3.8, 4) is 0 Å². The van der Waals surface area contributed by atoms with E-state index in [1.165, 1.54) is 12.8 Å². The topological polar surface area (TPSA) is 54.4 Å². The van der Waals surface area contributed by atoms with Gasteiger partial charge in [-0.15, -0.1) is 0 Å². The van der Waals surface area contributed by atoms with E-state index in [0.717, 1.165) is 32.1 Å². The minimum absolute atomic E-state index is 0.314. The third kappa shape index (κ3) is 3.31. The van der Waals surface area contributed by atoms with Crippen molar-refractivity contribution < 1.29 is 14.7 Å². The molecule has 0 aromatic heterocycles. The lowest BCUT2D eigenvalue weighted by Gasteiger charge is -2.31. The van der Waals surface area contributed by atoms with Gasteiger partial charge in [-0.2, -0.15) is 0 Å². The molecule has 2 saturated carbocycles. The maximum atomic E-state index is 11.9. The van der Waals surface area contributed by atoms with Crippen LogP contribution in [0.5, 0.6) is 0 Å². The highest BCUT2D eigenvalue weighted by atomic mass is 16.4. The molecule has 4 atom stereocenters. The smallest absolute Gasteiger partial charge is 0.330 e. The summed E-state index contributed by atoms with van der Waals surface area (Å²) in [7, 11) is 0. The predicted molar refractivity (Wildman–Crippen MR) is 78.4 cm³/mol. The summed E-state index contributed by atoms with van der Waals surface area (Å²) in [6.45, 7) is 5.85. The van der Waals surface area contributed by atoms with E-state index in [4.69, 9.17) is 5.11 Å². The molecular formula is C17H26O3. The Bertz CT molecular complexity index is 399. The van der Waals surface area contributed by atoms with Crippen molar-refractivity contribution in [2.24, 2.45) is 23.7 Å². The van der Waals surface area contributed by atoms with Gasteiger partial charge in [0.25, 0.3) is 0 Å². The molecule has 0 radical (unpaired) electrons. The SMILES string of the molecule is C=C(CCC[C@@H](C)C1CCC2C(=O)CCCC21)C(=O)O. The van der Waals surface area contributed by atoms with Crippen LogP contribution in [0, 0.1) is 23.7 Å². The summed E-state index contributed by atoms with van der Waals surface area (Å²) in [5.74, 6) is 1.82. The molecule has 0 aromatic carbocycles. The Labute approximate surface area is 121 Å². The first kappa shape index (κ1) is 15.3. The lowest BCUT2D eigenvalue weighted by atomic mass is 9.73. The van der Waals surface area contributed by atoms with Gasteiger partial charge in [0.2, 0.25) is 0 Å². The molecule has 3 unspecified atom stereocenters. The van der Waals surface area contributed by atoms with E-state index in [0.29, 0.717) is 41.4 Å². The summed E-state index contributed by atoms with van der Waals surface area (Å²) < 4.78 is 0. The molecule has 1 N–H and O–H groups in total. The monoisotopic (exact) mass is 278 g/mol. The molecule has 2 aliphatic rings. The maximum absolute atomic E-state index is 11.9. The molecule has 0 heterocycles. The summed E-state index contributed by atoms with van der Waals surface area (Å²) >= 11 is 0. The normalized spacial score (nSPS) is 30.9. The van der Waals surface area contributed by atoms with Gasteiger partial charge in [0, 0.05) is 17.9 Å². The van der Waals surface area contributed by atoms with E-state index in [9.17, 15) is 9.59 Å². The zero-order chi connectivity index (χ0) is 14.7. The van der Waals surface area contributed by atoms with E-state index < -0.39 is 5.97 Å². The molecule has 0 aromatic rings. The van der Waals surface area contributed by atoms with Crippen molar-refractivity contribution >= 4 is 11.8 Å². The Balaban J connectivity index is 1.81. The fourth-order valence-electron chi connectivity index (χ4n) is 4.28. The van der Waals surface area contributed by atoms with Crippen molar-refractivity contribution in [2.75, 3.05) is 0 Å². The van der Waals surface area contributed by atoms with Crippen LogP contribution in [0.3, 0.4) is 0 Å². The molecule has 0 spiro atoms. The third-order valence-corrected chi connectivity index (χ3v) is 5.42. The van der Waals surface area contributed by atoms with Crippen LogP contribution in [0.25, 0.3) is 0 Å². The van der Waals surface area contributed by atoms with Crippen molar-refractivity contribution in [1.29, 1.82) is 0 Å². The van der Waals surface area contributed by atoms with E-state index in [-0.39, 0.29) is 0 Å². The first-order chi connectivity index (χ1) is 9.50. The molecule has 0 amide bonds. The highest BCUT2D eigenvalue weighted by molar-refractivity contribution is 5.85. The van der Waals surface area contributed by atoms with E-state index in [1.807, 2.05) is 0 Å². The van der Waals surface area contributed by atoms with Gasteiger partial charge in [-0.25, -0.2) is 4.79 Å². The Kier molecular flexibility index (Phi) is 5.00. The molecule has 0 bridgehead atoms. The fraction of sp³-hybridized carbons (Fsp3) is 0.765. The zero-order valence-electron chi connectivity index (χ0n) is 12.4. The molecular weight excluding hydrogens is 252 g/mol. The van der Waals surface area contributed by atoms with Crippen molar-refractivity contribution in [3.63, 3.8) is 0 Å². The van der Waals surface area contributed by atoms with Crippen LogP contribution in [-0.4, -0.2) is 16.9 Å². The Morgan fingerprint density at radius 3 is 2.85 bits per heavy atom. The molecule has 2 rings (SSSR count). The molecule has 20 heavy (non-hydrogen) atoms. The van der Waals surface area contributed by atoms with Crippen LogP contribution in [0.4, 0.5) is 0 Å². The Morgan fingerprint density at radius 1 is 1.40 bits per heavy atom. The van der Waals surface area contributed by atoms with Gasteiger partial charge >= 0.3 is 5.97 Å². The number of Topliss-reactive ketones (excluding diaryl/α,β-unsaturated/α-hetero) is 1. The van der Waals surface area contributed by atoms with Crippen LogP contribution in [-0.2, 0) is 9.59 Å². The van der Waals surface area contributed by atoms with Crippen LogP contribution in [0.2, 0.25) is 0 Å². The average Bonchev–Trinajstić information content (AvgIpc) is 2.83. The summed E-state index contributed by atoms with van der Waals surface area (Å²) in [6.07, 6.45) is 7.87. The number of aliphatic carboxylic acids is 1. The first-order valence-electron chi connectivity index (χ1n) is 7.94. The first-order valence-corrected chi connectivity index (χ1v) is 7.94. The van der Waals surface area contributed by atoms with Gasteiger partial charge in [-0.1, -0.05) is 19.9 Å². The molecule has 0 saturated heterocycles. The van der Waals surface area contributed by atoms with E-state index in [1.54, 1.807) is 0 Å². The van der Waals surface area contributed by atoms with Gasteiger partial charge < -0.3 is 5.11 Å². The largest absolute Gasteiger partial charge is 0.478 e. The molecule has 2 aliphatic carbocycles. The number of carbonyl (C=O) groups is 2. The number of fused-ring (bicyclic) bond motifs is 1. The second-order valence-electron chi connectivity index (χ2n) is 6.65. The minimum Gasteiger partial charge on any atom is -0.478 e. The van der Waals surface area contributed by atoms with Crippen molar-refractivity contribution in [1.82, 2.24) is 0 Å². The van der Waals surface area contributed by atoms with Gasteiger partial charge in [-0.05, 0) is 56.3 Å².